The lowest BCUT2D eigenvalue weighted by molar-refractivity contribution is 0.311. The summed E-state index contributed by atoms with van der Waals surface area (Å²) in [6.07, 6.45) is 2.69. The highest BCUT2D eigenvalue weighted by Gasteiger charge is 2.15. The van der Waals surface area contributed by atoms with Crippen LogP contribution >= 0.6 is 12.4 Å². The van der Waals surface area contributed by atoms with Crippen LogP contribution in [0.15, 0.2) is 6.20 Å². The fraction of sp³-hybridized carbons (Fsp3) is 0.600. The molecule has 0 aromatic carbocycles. The van der Waals surface area contributed by atoms with E-state index < -0.39 is 0 Å². The van der Waals surface area contributed by atoms with Gasteiger partial charge in [-0.05, 0) is 20.3 Å². The van der Waals surface area contributed by atoms with Crippen LogP contribution in [0, 0.1) is 0 Å². The van der Waals surface area contributed by atoms with E-state index in [1.54, 1.807) is 6.20 Å². The van der Waals surface area contributed by atoms with Gasteiger partial charge in [-0.1, -0.05) is 6.92 Å². The zero-order valence-electron chi connectivity index (χ0n) is 14.4. The Kier molecular flexibility index (Phi) is 8.42. The molecule has 0 aliphatic rings. The Hall–Kier alpha value is -1.93. The maximum atomic E-state index is 8.92. The number of hydrogen-bond donors (Lipinski definition) is 3. The average Bonchev–Trinajstić information content (AvgIpc) is 2.59. The third-order valence-corrected chi connectivity index (χ3v) is 3.41. The summed E-state index contributed by atoms with van der Waals surface area (Å²) in [6, 6.07) is 0. The molecule has 0 radical (unpaired) electrons. The predicted octanol–water partition coefficient (Wildman–Crippen LogP) is 1.91. The van der Waals surface area contributed by atoms with Gasteiger partial charge in [0, 0.05) is 26.2 Å². The standard InChI is InChI=1S/C15H25N7O.ClH/c1-4-7-16-15-19-11-10-18-14(17-8-9-23)20-12(11)13(21-15)22(5-2)6-3;/h10,23H,4-9H2,1-3H3,(H,16,19,21)(H,17,18,20);1H. The number of aliphatic hydroxyl groups excluding tert-OH is 1. The molecule has 2 heterocycles. The molecule has 9 heteroatoms. The van der Waals surface area contributed by atoms with Crippen molar-refractivity contribution in [3.05, 3.63) is 6.20 Å². The number of rotatable bonds is 9. The zero-order valence-corrected chi connectivity index (χ0v) is 15.2. The first-order valence-corrected chi connectivity index (χ1v) is 8.11. The Bertz CT molecular complexity index is 636. The van der Waals surface area contributed by atoms with Crippen LogP contribution in [0.5, 0.6) is 0 Å². The molecule has 24 heavy (non-hydrogen) atoms. The third kappa shape index (κ3) is 4.78. The minimum absolute atomic E-state index is 0. The van der Waals surface area contributed by atoms with E-state index in [2.05, 4.69) is 56.2 Å². The zero-order chi connectivity index (χ0) is 16.7. The van der Waals surface area contributed by atoms with E-state index in [1.807, 2.05) is 0 Å². The van der Waals surface area contributed by atoms with Crippen molar-refractivity contribution < 1.29 is 5.11 Å². The molecule has 134 valence electrons. The van der Waals surface area contributed by atoms with Gasteiger partial charge < -0.3 is 20.6 Å². The molecule has 2 aromatic rings. The van der Waals surface area contributed by atoms with Crippen LogP contribution < -0.4 is 15.5 Å². The molecule has 0 fully saturated rings. The lowest BCUT2D eigenvalue weighted by atomic mass is 10.3. The Labute approximate surface area is 148 Å². The quantitative estimate of drug-likeness (QED) is 0.627. The molecule has 2 rings (SSSR count). The summed E-state index contributed by atoms with van der Waals surface area (Å²) in [5.41, 5.74) is 1.42. The first kappa shape index (κ1) is 20.1. The maximum absolute atomic E-state index is 8.92. The summed E-state index contributed by atoms with van der Waals surface area (Å²) in [6.45, 7) is 9.19. The smallest absolute Gasteiger partial charge is 0.225 e. The summed E-state index contributed by atoms with van der Waals surface area (Å²) in [5, 5.41) is 15.1. The molecule has 8 nitrogen and oxygen atoms in total. The van der Waals surface area contributed by atoms with Crippen LogP contribution in [0.25, 0.3) is 11.0 Å². The monoisotopic (exact) mass is 355 g/mol. The number of halogens is 1. The number of nitrogens with one attached hydrogen (secondary N) is 2. The van der Waals surface area contributed by atoms with Gasteiger partial charge in [-0.25, -0.2) is 15.0 Å². The summed E-state index contributed by atoms with van der Waals surface area (Å²) >= 11 is 0. The molecular weight excluding hydrogens is 330 g/mol. The van der Waals surface area contributed by atoms with E-state index in [9.17, 15) is 0 Å². The Morgan fingerprint density at radius 1 is 1.00 bits per heavy atom. The molecule has 0 saturated carbocycles. The summed E-state index contributed by atoms with van der Waals surface area (Å²) in [7, 11) is 0. The first-order chi connectivity index (χ1) is 11.2. The number of nitrogens with zero attached hydrogens (tertiary/aromatic N) is 5. The van der Waals surface area contributed by atoms with Crippen molar-refractivity contribution in [2.45, 2.75) is 27.2 Å². The van der Waals surface area contributed by atoms with Gasteiger partial charge in [0.05, 0.1) is 12.8 Å². The predicted molar refractivity (Wildman–Crippen MR) is 100 cm³/mol. The van der Waals surface area contributed by atoms with Gasteiger partial charge >= 0.3 is 0 Å². The van der Waals surface area contributed by atoms with Gasteiger partial charge in [-0.2, -0.15) is 4.98 Å². The van der Waals surface area contributed by atoms with Gasteiger partial charge in [0.1, 0.15) is 11.0 Å². The number of fused-ring (bicyclic) bond motifs is 1. The van der Waals surface area contributed by atoms with E-state index >= 15 is 0 Å². The second kappa shape index (κ2) is 10.0. The van der Waals surface area contributed by atoms with Crippen molar-refractivity contribution in [3.63, 3.8) is 0 Å². The third-order valence-electron chi connectivity index (χ3n) is 3.41. The minimum atomic E-state index is 0. The number of aliphatic hydroxyl groups is 1. The molecule has 0 spiro atoms. The summed E-state index contributed by atoms with van der Waals surface area (Å²) in [4.78, 5) is 20.0. The lowest BCUT2D eigenvalue weighted by Gasteiger charge is -2.21. The number of aromatic nitrogens is 4. The van der Waals surface area contributed by atoms with Gasteiger partial charge in [0.2, 0.25) is 11.9 Å². The number of anilines is 3. The highest BCUT2D eigenvalue weighted by molar-refractivity contribution is 5.87. The first-order valence-electron chi connectivity index (χ1n) is 8.11. The highest BCUT2D eigenvalue weighted by Crippen LogP contribution is 2.24. The average molecular weight is 356 g/mol. The normalized spacial score (nSPS) is 10.3. The lowest BCUT2D eigenvalue weighted by Crippen LogP contribution is -2.24. The Morgan fingerprint density at radius 3 is 2.33 bits per heavy atom. The Balaban J connectivity index is 0.00000288. The molecule has 0 aliphatic heterocycles. The second-order valence-electron chi connectivity index (χ2n) is 5.05. The van der Waals surface area contributed by atoms with Crippen molar-refractivity contribution >= 4 is 41.2 Å². The molecule has 0 bridgehead atoms. The van der Waals surface area contributed by atoms with Crippen LogP contribution in [-0.2, 0) is 0 Å². The maximum Gasteiger partial charge on any atom is 0.225 e. The largest absolute Gasteiger partial charge is 0.395 e. The fourth-order valence-electron chi connectivity index (χ4n) is 2.23. The molecule has 0 atom stereocenters. The van der Waals surface area contributed by atoms with Crippen molar-refractivity contribution in [1.29, 1.82) is 0 Å². The molecule has 2 aromatic heterocycles. The van der Waals surface area contributed by atoms with Crippen LogP contribution in [-0.4, -0.2) is 57.8 Å². The molecule has 0 unspecified atom stereocenters. The summed E-state index contributed by atoms with van der Waals surface area (Å²) < 4.78 is 0. The Morgan fingerprint density at radius 2 is 1.71 bits per heavy atom. The van der Waals surface area contributed by atoms with E-state index in [0.717, 1.165) is 31.9 Å². The van der Waals surface area contributed by atoms with Gasteiger partial charge in [0.25, 0.3) is 0 Å². The topological polar surface area (TPSA) is 99.1 Å². The molecule has 0 amide bonds. The van der Waals surface area contributed by atoms with Gasteiger partial charge in [-0.15, -0.1) is 12.4 Å². The van der Waals surface area contributed by atoms with Gasteiger partial charge in [0.15, 0.2) is 5.82 Å². The van der Waals surface area contributed by atoms with Crippen LogP contribution in [0.2, 0.25) is 0 Å². The van der Waals surface area contributed by atoms with Crippen LogP contribution in [0.1, 0.15) is 27.2 Å². The highest BCUT2D eigenvalue weighted by atomic mass is 35.5. The molecule has 0 saturated heterocycles. The SMILES string of the molecule is CCCNc1nc(N(CC)CC)c2nc(NCCO)ncc2n1.Cl. The van der Waals surface area contributed by atoms with E-state index in [4.69, 9.17) is 5.11 Å². The fourth-order valence-corrected chi connectivity index (χ4v) is 2.23. The summed E-state index contributed by atoms with van der Waals surface area (Å²) in [5.74, 6) is 1.87. The van der Waals surface area contributed by atoms with Crippen molar-refractivity contribution in [2.75, 3.05) is 48.3 Å². The van der Waals surface area contributed by atoms with Gasteiger partial charge in [-0.3, -0.25) is 0 Å². The molecular formula is C15H26ClN7O. The van der Waals surface area contributed by atoms with E-state index in [0.29, 0.717) is 29.5 Å². The van der Waals surface area contributed by atoms with Crippen LogP contribution in [0.4, 0.5) is 17.7 Å². The second-order valence-corrected chi connectivity index (χ2v) is 5.05. The van der Waals surface area contributed by atoms with E-state index in [-0.39, 0.29) is 19.0 Å². The van der Waals surface area contributed by atoms with Crippen LogP contribution in [0.3, 0.4) is 0 Å². The van der Waals surface area contributed by atoms with E-state index in [1.165, 1.54) is 0 Å². The van der Waals surface area contributed by atoms with Crippen molar-refractivity contribution in [2.24, 2.45) is 0 Å². The molecule has 0 aliphatic carbocycles. The van der Waals surface area contributed by atoms with Crippen molar-refractivity contribution in [3.8, 4) is 0 Å². The number of hydrogen-bond acceptors (Lipinski definition) is 8. The molecule has 3 N–H and O–H groups in total. The van der Waals surface area contributed by atoms with Crippen molar-refractivity contribution in [1.82, 2.24) is 19.9 Å². The minimum Gasteiger partial charge on any atom is -0.395 e.